The van der Waals surface area contributed by atoms with E-state index in [0.717, 1.165) is 5.56 Å². The summed E-state index contributed by atoms with van der Waals surface area (Å²) in [6, 6.07) is 14.8. The third kappa shape index (κ3) is 5.74. The first-order valence-corrected chi connectivity index (χ1v) is 11.3. The molecule has 0 aliphatic heterocycles. The number of ether oxygens (including phenoxy) is 2. The molecule has 0 amide bonds. The van der Waals surface area contributed by atoms with Gasteiger partial charge in [0.2, 0.25) is 5.75 Å². The SMILES string of the molecule is COc1ccc(Cn2nc(Cn3cnc(C)c(Oc4cc(Cl)cc(C#N)c4)c3=O)cc(C=O)c2=O)cc1. The Labute approximate surface area is 215 Å². The standard InChI is InChI=1S/C26H20ClN5O5/c1-16-24(37-23-8-18(11-28)7-20(27)10-23)26(35)31(15-29-16)13-21-9-19(14-33)25(34)32(30-21)12-17-3-5-22(36-2)6-4-17/h3-10,14-15H,12-13H2,1-2H3. The number of carbonyl (C=O) groups excluding carboxylic acids is 1. The van der Waals surface area contributed by atoms with Gasteiger partial charge in [-0.1, -0.05) is 23.7 Å². The Bertz CT molecular complexity index is 1640. The number of aryl methyl sites for hydroxylation is 1. The van der Waals surface area contributed by atoms with Gasteiger partial charge in [0, 0.05) is 5.02 Å². The molecule has 0 aliphatic rings. The van der Waals surface area contributed by atoms with Gasteiger partial charge in [-0.15, -0.1) is 0 Å². The van der Waals surface area contributed by atoms with E-state index >= 15 is 0 Å². The molecule has 4 aromatic rings. The predicted octanol–water partition coefficient (Wildman–Crippen LogP) is 3.34. The zero-order chi connectivity index (χ0) is 26.5. The quantitative estimate of drug-likeness (QED) is 0.325. The molecule has 0 fully saturated rings. The van der Waals surface area contributed by atoms with Gasteiger partial charge < -0.3 is 9.47 Å². The Morgan fingerprint density at radius 3 is 2.49 bits per heavy atom. The van der Waals surface area contributed by atoms with Gasteiger partial charge in [-0.2, -0.15) is 10.4 Å². The predicted molar refractivity (Wildman–Crippen MR) is 135 cm³/mol. The van der Waals surface area contributed by atoms with Crippen LogP contribution < -0.4 is 20.6 Å². The van der Waals surface area contributed by atoms with Crippen molar-refractivity contribution >= 4 is 17.9 Å². The number of nitriles is 1. The van der Waals surface area contributed by atoms with Gasteiger partial charge in [-0.25, -0.2) is 9.67 Å². The Kier molecular flexibility index (Phi) is 7.46. The number of carbonyl (C=O) groups is 1. The average Bonchev–Trinajstić information content (AvgIpc) is 2.90. The molecule has 2 heterocycles. The van der Waals surface area contributed by atoms with Crippen LogP contribution in [0.5, 0.6) is 17.2 Å². The lowest BCUT2D eigenvalue weighted by molar-refractivity contribution is 0.112. The largest absolute Gasteiger partial charge is 0.497 e. The summed E-state index contributed by atoms with van der Waals surface area (Å²) in [6.45, 7) is 1.64. The monoisotopic (exact) mass is 517 g/mol. The number of halogens is 1. The van der Waals surface area contributed by atoms with Crippen LogP contribution in [0.15, 0.2) is 64.4 Å². The van der Waals surface area contributed by atoms with Crippen molar-refractivity contribution in [2.45, 2.75) is 20.0 Å². The highest BCUT2D eigenvalue weighted by Crippen LogP contribution is 2.25. The van der Waals surface area contributed by atoms with Gasteiger partial charge in [0.15, 0.2) is 6.29 Å². The van der Waals surface area contributed by atoms with Crippen LogP contribution in [0.4, 0.5) is 0 Å². The van der Waals surface area contributed by atoms with Gasteiger partial charge in [-0.3, -0.25) is 19.0 Å². The van der Waals surface area contributed by atoms with E-state index in [4.69, 9.17) is 26.3 Å². The topological polar surface area (TPSA) is 129 Å². The molecule has 0 N–H and O–H groups in total. The summed E-state index contributed by atoms with van der Waals surface area (Å²) in [6.07, 6.45) is 1.78. The zero-order valence-electron chi connectivity index (χ0n) is 19.8. The first-order valence-electron chi connectivity index (χ1n) is 10.9. The molecule has 4 rings (SSSR count). The second-order valence-corrected chi connectivity index (χ2v) is 8.44. The number of methoxy groups -OCH3 is 1. The van der Waals surface area contributed by atoms with Crippen molar-refractivity contribution in [2.24, 2.45) is 0 Å². The van der Waals surface area contributed by atoms with Gasteiger partial charge in [0.1, 0.15) is 11.5 Å². The third-order valence-corrected chi connectivity index (χ3v) is 5.62. The number of benzene rings is 2. The molecule has 0 saturated heterocycles. The minimum Gasteiger partial charge on any atom is -0.497 e. The van der Waals surface area contributed by atoms with E-state index in [-0.39, 0.29) is 40.7 Å². The van der Waals surface area contributed by atoms with Gasteiger partial charge in [0.05, 0.1) is 55.1 Å². The lowest BCUT2D eigenvalue weighted by Crippen LogP contribution is -2.30. The van der Waals surface area contributed by atoms with Gasteiger partial charge in [-0.05, 0) is 48.9 Å². The highest BCUT2D eigenvalue weighted by atomic mass is 35.5. The van der Waals surface area contributed by atoms with Crippen molar-refractivity contribution in [3.05, 3.63) is 109 Å². The fourth-order valence-electron chi connectivity index (χ4n) is 3.55. The summed E-state index contributed by atoms with van der Waals surface area (Å²) in [5.74, 6) is 0.811. The van der Waals surface area contributed by atoms with Crippen LogP contribution in [0, 0.1) is 18.3 Å². The summed E-state index contributed by atoms with van der Waals surface area (Å²) < 4.78 is 13.3. The molecule has 0 saturated carbocycles. The van der Waals surface area contributed by atoms with Crippen LogP contribution in [0.1, 0.15) is 32.9 Å². The van der Waals surface area contributed by atoms with E-state index in [1.165, 1.54) is 39.8 Å². The van der Waals surface area contributed by atoms with Crippen molar-refractivity contribution < 1.29 is 14.3 Å². The molecule has 11 heteroatoms. The number of rotatable bonds is 8. The molecule has 2 aromatic carbocycles. The Balaban J connectivity index is 1.67. The Morgan fingerprint density at radius 1 is 1.05 bits per heavy atom. The van der Waals surface area contributed by atoms with Crippen LogP contribution >= 0.6 is 11.6 Å². The Morgan fingerprint density at radius 2 is 1.81 bits per heavy atom. The van der Waals surface area contributed by atoms with Gasteiger partial charge >= 0.3 is 0 Å². The first-order chi connectivity index (χ1) is 17.8. The first kappa shape index (κ1) is 25.3. The number of aldehydes is 1. The van der Waals surface area contributed by atoms with E-state index in [0.29, 0.717) is 23.4 Å². The summed E-state index contributed by atoms with van der Waals surface area (Å²) in [5, 5.41) is 13.8. The molecule has 2 aromatic heterocycles. The molecular weight excluding hydrogens is 498 g/mol. The molecule has 0 unspecified atom stereocenters. The van der Waals surface area contributed by atoms with Crippen LogP contribution in [0.3, 0.4) is 0 Å². The van der Waals surface area contributed by atoms with Gasteiger partial charge in [0.25, 0.3) is 11.1 Å². The minimum absolute atomic E-state index is 0.0594. The lowest BCUT2D eigenvalue weighted by atomic mass is 10.2. The second-order valence-electron chi connectivity index (χ2n) is 8.00. The fraction of sp³-hybridized carbons (Fsp3) is 0.154. The maximum Gasteiger partial charge on any atom is 0.296 e. The summed E-state index contributed by atoms with van der Waals surface area (Å²) in [5.41, 5.74) is 0.498. The molecule has 0 aliphatic carbocycles. The second kappa shape index (κ2) is 10.9. The maximum atomic E-state index is 13.2. The normalized spacial score (nSPS) is 10.5. The van der Waals surface area contributed by atoms with Crippen molar-refractivity contribution in [3.63, 3.8) is 0 Å². The Hall–Kier alpha value is -4.75. The van der Waals surface area contributed by atoms with E-state index in [2.05, 4.69) is 10.1 Å². The maximum absolute atomic E-state index is 13.2. The number of hydrogen-bond acceptors (Lipinski definition) is 8. The molecule has 0 bridgehead atoms. The number of aromatic nitrogens is 4. The summed E-state index contributed by atoms with van der Waals surface area (Å²) in [7, 11) is 1.55. The third-order valence-electron chi connectivity index (χ3n) is 5.40. The van der Waals surface area contributed by atoms with Crippen molar-refractivity contribution in [1.82, 2.24) is 19.3 Å². The van der Waals surface area contributed by atoms with Crippen molar-refractivity contribution in [2.75, 3.05) is 7.11 Å². The van der Waals surface area contributed by atoms with E-state index in [1.54, 1.807) is 38.3 Å². The molecule has 186 valence electrons. The molecule has 0 atom stereocenters. The number of nitrogens with zero attached hydrogens (tertiary/aromatic N) is 5. The average molecular weight is 518 g/mol. The van der Waals surface area contributed by atoms with Crippen LogP contribution in [-0.2, 0) is 13.1 Å². The summed E-state index contributed by atoms with van der Waals surface area (Å²) >= 11 is 6.04. The van der Waals surface area contributed by atoms with Crippen LogP contribution in [0.25, 0.3) is 0 Å². The molecule has 0 radical (unpaired) electrons. The van der Waals surface area contributed by atoms with E-state index < -0.39 is 11.1 Å². The van der Waals surface area contributed by atoms with Crippen LogP contribution in [0.2, 0.25) is 5.02 Å². The van der Waals surface area contributed by atoms with Crippen molar-refractivity contribution in [3.8, 4) is 23.3 Å². The van der Waals surface area contributed by atoms with Crippen molar-refractivity contribution in [1.29, 1.82) is 5.26 Å². The highest BCUT2D eigenvalue weighted by Gasteiger charge is 2.15. The smallest absolute Gasteiger partial charge is 0.296 e. The number of hydrogen-bond donors (Lipinski definition) is 0. The molecule has 10 nitrogen and oxygen atoms in total. The minimum atomic E-state index is -0.553. The molecule has 0 spiro atoms. The lowest BCUT2D eigenvalue weighted by Gasteiger charge is -2.13. The van der Waals surface area contributed by atoms with E-state index in [1.807, 2.05) is 6.07 Å². The van der Waals surface area contributed by atoms with E-state index in [9.17, 15) is 14.4 Å². The highest BCUT2D eigenvalue weighted by molar-refractivity contribution is 6.30. The zero-order valence-corrected chi connectivity index (χ0v) is 20.6. The fourth-order valence-corrected chi connectivity index (χ4v) is 3.78. The summed E-state index contributed by atoms with van der Waals surface area (Å²) in [4.78, 5) is 41.7. The molecular formula is C26H20ClN5O5. The van der Waals surface area contributed by atoms with Crippen LogP contribution in [-0.4, -0.2) is 32.7 Å². The molecule has 37 heavy (non-hydrogen) atoms.